The lowest BCUT2D eigenvalue weighted by Gasteiger charge is -2.50. The summed E-state index contributed by atoms with van der Waals surface area (Å²) in [7, 11) is 0. The standard InChI is InChI=1S/C15H25N3O3.C2HF3O2/c1-10(19)12(13(20)16-8-11-4-2-5-11)18-9-15(14(18)21)6-3-7-17-15;3-2(4,5)1(6)7/h10-12,17,19H,2-9H2,1H3,(H,16,20);(H,6,7)/t10-,12+,15?;/m1./s1. The van der Waals surface area contributed by atoms with E-state index in [-0.39, 0.29) is 11.8 Å². The van der Waals surface area contributed by atoms with Crippen LogP contribution in [0.3, 0.4) is 0 Å². The third kappa shape index (κ3) is 4.93. The predicted octanol–water partition coefficient (Wildman–Crippen LogP) is 0.250. The number of aliphatic hydroxyl groups is 1. The van der Waals surface area contributed by atoms with Gasteiger partial charge in [0.1, 0.15) is 11.6 Å². The van der Waals surface area contributed by atoms with Crippen LogP contribution < -0.4 is 10.6 Å². The molecule has 0 radical (unpaired) electrons. The maximum Gasteiger partial charge on any atom is 0.490 e. The van der Waals surface area contributed by atoms with E-state index in [4.69, 9.17) is 9.90 Å². The van der Waals surface area contributed by atoms with Crippen LogP contribution in [-0.2, 0) is 14.4 Å². The highest BCUT2D eigenvalue weighted by atomic mass is 19.4. The minimum absolute atomic E-state index is 0.0373. The zero-order valence-corrected chi connectivity index (χ0v) is 15.6. The normalized spacial score (nSPS) is 26.6. The average molecular weight is 409 g/mol. The van der Waals surface area contributed by atoms with Gasteiger partial charge in [-0.1, -0.05) is 6.42 Å². The molecule has 0 aromatic rings. The molecule has 0 aromatic carbocycles. The van der Waals surface area contributed by atoms with E-state index in [9.17, 15) is 27.9 Å². The van der Waals surface area contributed by atoms with Crippen molar-refractivity contribution >= 4 is 17.8 Å². The largest absolute Gasteiger partial charge is 0.490 e. The molecule has 2 amide bonds. The van der Waals surface area contributed by atoms with Crippen molar-refractivity contribution in [1.82, 2.24) is 15.5 Å². The van der Waals surface area contributed by atoms with Gasteiger partial charge in [-0.3, -0.25) is 9.59 Å². The monoisotopic (exact) mass is 409 g/mol. The van der Waals surface area contributed by atoms with Gasteiger partial charge in [-0.25, -0.2) is 4.79 Å². The number of aliphatic hydroxyl groups excluding tert-OH is 1. The quantitative estimate of drug-likeness (QED) is 0.484. The maximum absolute atomic E-state index is 12.4. The Morgan fingerprint density at radius 2 is 1.96 bits per heavy atom. The van der Waals surface area contributed by atoms with Gasteiger partial charge >= 0.3 is 12.1 Å². The van der Waals surface area contributed by atoms with Crippen LogP contribution in [0.5, 0.6) is 0 Å². The third-order valence-corrected chi connectivity index (χ3v) is 5.45. The molecule has 3 fully saturated rings. The summed E-state index contributed by atoms with van der Waals surface area (Å²) in [6.45, 7) is 3.62. The van der Waals surface area contributed by atoms with Crippen LogP contribution in [-0.4, -0.2) is 76.4 Å². The summed E-state index contributed by atoms with van der Waals surface area (Å²) < 4.78 is 31.7. The van der Waals surface area contributed by atoms with Crippen LogP contribution in [0.1, 0.15) is 39.0 Å². The molecule has 1 unspecified atom stereocenters. The zero-order valence-electron chi connectivity index (χ0n) is 15.6. The number of likely N-dealkylation sites (tertiary alicyclic amines) is 1. The summed E-state index contributed by atoms with van der Waals surface area (Å²) in [5.41, 5.74) is -0.457. The summed E-state index contributed by atoms with van der Waals surface area (Å²) in [5.74, 6) is -2.45. The van der Waals surface area contributed by atoms with E-state index in [0.29, 0.717) is 19.0 Å². The van der Waals surface area contributed by atoms with E-state index < -0.39 is 29.8 Å². The highest BCUT2D eigenvalue weighted by molar-refractivity contribution is 5.97. The maximum atomic E-state index is 12.4. The summed E-state index contributed by atoms with van der Waals surface area (Å²) >= 11 is 0. The smallest absolute Gasteiger partial charge is 0.475 e. The van der Waals surface area contributed by atoms with Crippen molar-refractivity contribution in [3.63, 3.8) is 0 Å². The molecule has 0 bridgehead atoms. The molecule has 1 aliphatic carbocycles. The number of amides is 2. The van der Waals surface area contributed by atoms with E-state index in [0.717, 1.165) is 32.2 Å². The number of hydrogen-bond acceptors (Lipinski definition) is 5. The number of carboxylic acid groups (broad SMARTS) is 1. The van der Waals surface area contributed by atoms with E-state index >= 15 is 0 Å². The Hall–Kier alpha value is -1.88. The molecule has 2 saturated heterocycles. The minimum atomic E-state index is -5.08. The second-order valence-corrected chi connectivity index (χ2v) is 7.58. The minimum Gasteiger partial charge on any atom is -0.475 e. The summed E-state index contributed by atoms with van der Waals surface area (Å²) in [6, 6.07) is -0.759. The van der Waals surface area contributed by atoms with E-state index in [1.165, 1.54) is 11.3 Å². The molecule has 0 aromatic heterocycles. The van der Waals surface area contributed by atoms with Crippen molar-refractivity contribution in [2.24, 2.45) is 5.92 Å². The fourth-order valence-corrected chi connectivity index (χ4v) is 3.63. The van der Waals surface area contributed by atoms with Gasteiger partial charge in [-0.15, -0.1) is 0 Å². The van der Waals surface area contributed by atoms with Crippen LogP contribution >= 0.6 is 0 Å². The number of alkyl halides is 3. The van der Waals surface area contributed by atoms with Gasteiger partial charge in [0, 0.05) is 13.1 Å². The molecule has 160 valence electrons. The van der Waals surface area contributed by atoms with Crippen molar-refractivity contribution in [3.8, 4) is 0 Å². The first-order valence-electron chi connectivity index (χ1n) is 9.30. The van der Waals surface area contributed by atoms with Gasteiger partial charge < -0.3 is 25.7 Å². The van der Waals surface area contributed by atoms with Gasteiger partial charge in [-0.2, -0.15) is 13.2 Å². The summed E-state index contributed by atoms with van der Waals surface area (Å²) in [5, 5.41) is 23.2. The molecule has 3 rings (SSSR count). The highest BCUT2D eigenvalue weighted by Gasteiger charge is 2.57. The lowest BCUT2D eigenvalue weighted by molar-refractivity contribution is -0.192. The summed E-state index contributed by atoms with van der Waals surface area (Å²) in [6.07, 6.45) is -0.552. The Morgan fingerprint density at radius 1 is 1.36 bits per heavy atom. The third-order valence-electron chi connectivity index (χ3n) is 5.45. The average Bonchev–Trinajstić information content (AvgIpc) is 3.04. The van der Waals surface area contributed by atoms with E-state index in [1.54, 1.807) is 6.92 Å². The first kappa shape index (κ1) is 22.4. The van der Waals surface area contributed by atoms with Crippen LogP contribution in [0, 0.1) is 5.92 Å². The summed E-state index contributed by atoms with van der Waals surface area (Å²) in [4.78, 5) is 35.2. The molecular weight excluding hydrogens is 383 g/mol. The van der Waals surface area contributed by atoms with E-state index in [1.807, 2.05) is 0 Å². The fourth-order valence-electron chi connectivity index (χ4n) is 3.63. The molecule has 2 heterocycles. The van der Waals surface area contributed by atoms with Crippen LogP contribution in [0.4, 0.5) is 13.2 Å². The van der Waals surface area contributed by atoms with Crippen molar-refractivity contribution in [3.05, 3.63) is 0 Å². The topological polar surface area (TPSA) is 119 Å². The second kappa shape index (κ2) is 8.64. The molecule has 2 aliphatic heterocycles. The zero-order chi connectivity index (χ0) is 21.1. The molecule has 4 N–H and O–H groups in total. The molecule has 28 heavy (non-hydrogen) atoms. The van der Waals surface area contributed by atoms with Crippen molar-refractivity contribution in [2.75, 3.05) is 19.6 Å². The number of hydrogen-bond donors (Lipinski definition) is 4. The highest BCUT2D eigenvalue weighted by Crippen LogP contribution is 2.33. The molecule has 11 heteroatoms. The van der Waals surface area contributed by atoms with Crippen molar-refractivity contribution in [1.29, 1.82) is 0 Å². The first-order chi connectivity index (χ1) is 13.0. The number of nitrogens with zero attached hydrogens (tertiary/aromatic N) is 1. The second-order valence-electron chi connectivity index (χ2n) is 7.58. The Kier molecular flexibility index (Phi) is 6.92. The molecule has 1 spiro atoms. The number of carbonyl (C=O) groups is 3. The molecule has 1 saturated carbocycles. The lowest BCUT2D eigenvalue weighted by Crippen LogP contribution is -2.76. The Morgan fingerprint density at radius 3 is 2.32 bits per heavy atom. The van der Waals surface area contributed by atoms with E-state index in [2.05, 4.69) is 10.6 Å². The fraction of sp³-hybridized carbons (Fsp3) is 0.824. The van der Waals surface area contributed by atoms with Crippen LogP contribution in [0.2, 0.25) is 0 Å². The van der Waals surface area contributed by atoms with Crippen LogP contribution in [0.15, 0.2) is 0 Å². The van der Waals surface area contributed by atoms with Gasteiger partial charge in [0.25, 0.3) is 0 Å². The molecule has 8 nitrogen and oxygen atoms in total. The number of halogens is 3. The van der Waals surface area contributed by atoms with Gasteiger partial charge in [-0.05, 0) is 45.1 Å². The number of carbonyl (C=O) groups excluding carboxylic acids is 2. The van der Waals surface area contributed by atoms with Gasteiger partial charge in [0.2, 0.25) is 11.8 Å². The molecule has 3 aliphatic rings. The van der Waals surface area contributed by atoms with Crippen molar-refractivity contribution in [2.45, 2.75) is 62.9 Å². The lowest BCUT2D eigenvalue weighted by atomic mass is 9.84. The SMILES string of the molecule is C[C@@H](O)[C@@H](C(=O)NCC1CCC1)N1CC2(CCCN2)C1=O.O=C(O)C(F)(F)F. The Bertz CT molecular complexity index is 601. The van der Waals surface area contributed by atoms with Gasteiger partial charge in [0.05, 0.1) is 6.10 Å². The Labute approximate surface area is 160 Å². The number of carboxylic acids is 1. The number of β-lactam (4-membered cyclic amide) rings is 1. The van der Waals surface area contributed by atoms with Gasteiger partial charge in [0.15, 0.2) is 0 Å². The van der Waals surface area contributed by atoms with Crippen molar-refractivity contribution < 1.29 is 37.8 Å². The number of nitrogens with one attached hydrogen (secondary N) is 2. The molecular formula is C17H26F3N3O5. The number of aliphatic carboxylic acids is 1. The predicted molar refractivity (Wildman–Crippen MR) is 91.2 cm³/mol. The Balaban J connectivity index is 0.000000345. The first-order valence-corrected chi connectivity index (χ1v) is 9.30. The molecule has 3 atom stereocenters. The number of rotatable bonds is 5. The van der Waals surface area contributed by atoms with Crippen LogP contribution in [0.25, 0.3) is 0 Å².